The molecule has 2 N–H and O–H groups in total. The fourth-order valence-corrected chi connectivity index (χ4v) is 2.04. The second-order valence-corrected chi connectivity index (χ2v) is 4.40. The zero-order chi connectivity index (χ0) is 13.4. The van der Waals surface area contributed by atoms with Crippen molar-refractivity contribution in [3.8, 4) is 0 Å². The van der Waals surface area contributed by atoms with Gasteiger partial charge in [0.15, 0.2) is 0 Å². The number of nitrogens with one attached hydrogen (secondary N) is 2. The Bertz CT molecular complexity index is 700. The van der Waals surface area contributed by atoms with Crippen LogP contribution in [0.25, 0.3) is 0 Å². The van der Waals surface area contributed by atoms with Gasteiger partial charge in [0.2, 0.25) is 0 Å². The average Bonchev–Trinajstić information content (AvgIpc) is 2.65. The lowest BCUT2D eigenvalue weighted by molar-refractivity contribution is 0.0879. The second-order valence-electron chi connectivity index (χ2n) is 4.01. The van der Waals surface area contributed by atoms with Gasteiger partial charge in [0.1, 0.15) is 11.0 Å². The van der Waals surface area contributed by atoms with E-state index in [1.807, 2.05) is 0 Å². The number of amides is 2. The molecule has 2 heterocycles. The van der Waals surface area contributed by atoms with Crippen molar-refractivity contribution in [3.05, 3.63) is 52.7 Å². The van der Waals surface area contributed by atoms with Crippen molar-refractivity contribution in [1.82, 2.24) is 10.3 Å². The van der Waals surface area contributed by atoms with Crippen LogP contribution in [0.4, 0.5) is 11.5 Å². The first-order valence-electron chi connectivity index (χ1n) is 5.53. The third-order valence-electron chi connectivity index (χ3n) is 2.72. The number of hydrogen-bond acceptors (Lipinski definition) is 4. The molecule has 0 atom stereocenters. The summed E-state index contributed by atoms with van der Waals surface area (Å²) in [5, 5.41) is 5.64. The molecular formula is C13H8ClN3O2. The van der Waals surface area contributed by atoms with Crippen molar-refractivity contribution in [1.29, 1.82) is 0 Å². The molecule has 2 aromatic rings. The molecule has 6 heteroatoms. The predicted molar refractivity (Wildman–Crippen MR) is 70.8 cm³/mol. The molecule has 0 fully saturated rings. The summed E-state index contributed by atoms with van der Waals surface area (Å²) >= 11 is 5.79. The maximum absolute atomic E-state index is 11.5. The van der Waals surface area contributed by atoms with Crippen LogP contribution in [0.2, 0.25) is 5.15 Å². The van der Waals surface area contributed by atoms with Crippen molar-refractivity contribution in [2.75, 3.05) is 5.32 Å². The number of carbonyl (C=O) groups is 2. The average molecular weight is 274 g/mol. The maximum atomic E-state index is 11.5. The van der Waals surface area contributed by atoms with Gasteiger partial charge < -0.3 is 5.32 Å². The fraction of sp³-hybridized carbons (Fsp3) is 0. The molecule has 5 nitrogen and oxygen atoms in total. The number of nitrogens with zero attached hydrogens (tertiary/aromatic N) is 1. The summed E-state index contributed by atoms with van der Waals surface area (Å²) in [5.41, 5.74) is 1.41. The van der Waals surface area contributed by atoms with Gasteiger partial charge in [-0.1, -0.05) is 17.7 Å². The summed E-state index contributed by atoms with van der Waals surface area (Å²) in [6.07, 6.45) is 0. The van der Waals surface area contributed by atoms with Crippen LogP contribution in [0.15, 0.2) is 36.4 Å². The Kier molecular flexibility index (Phi) is 2.68. The monoisotopic (exact) mass is 273 g/mol. The van der Waals surface area contributed by atoms with Crippen LogP contribution in [0, 0.1) is 0 Å². The van der Waals surface area contributed by atoms with Crippen LogP contribution in [-0.2, 0) is 0 Å². The minimum atomic E-state index is -0.386. The molecule has 1 aromatic heterocycles. The Balaban J connectivity index is 1.93. The predicted octanol–water partition coefficient (Wildman–Crippen LogP) is 2.36. The highest BCUT2D eigenvalue weighted by atomic mass is 35.5. The molecule has 94 valence electrons. The van der Waals surface area contributed by atoms with Crippen molar-refractivity contribution in [2.45, 2.75) is 0 Å². The number of anilines is 2. The molecule has 0 aliphatic carbocycles. The summed E-state index contributed by atoms with van der Waals surface area (Å²) in [7, 11) is 0. The second kappa shape index (κ2) is 4.37. The lowest BCUT2D eigenvalue weighted by Crippen LogP contribution is -2.19. The highest BCUT2D eigenvalue weighted by Gasteiger charge is 2.26. The quantitative estimate of drug-likeness (QED) is 0.651. The number of aromatic nitrogens is 1. The third kappa shape index (κ3) is 2.15. The van der Waals surface area contributed by atoms with E-state index in [1.54, 1.807) is 36.4 Å². The lowest BCUT2D eigenvalue weighted by atomic mass is 10.1. The SMILES string of the molecule is O=C1NC(=O)c2cc(Nc3cccc(Cl)n3)ccc21. The maximum Gasteiger partial charge on any atom is 0.259 e. The summed E-state index contributed by atoms with van der Waals surface area (Å²) in [4.78, 5) is 27.0. The minimum absolute atomic E-state index is 0.358. The van der Waals surface area contributed by atoms with Gasteiger partial charge in [0.25, 0.3) is 11.8 Å². The van der Waals surface area contributed by atoms with Crippen LogP contribution in [0.1, 0.15) is 20.7 Å². The molecule has 1 aromatic carbocycles. The number of pyridine rings is 1. The number of benzene rings is 1. The van der Waals surface area contributed by atoms with Crippen molar-refractivity contribution in [3.63, 3.8) is 0 Å². The van der Waals surface area contributed by atoms with Crippen LogP contribution in [0.5, 0.6) is 0 Å². The first-order chi connectivity index (χ1) is 9.13. The Morgan fingerprint density at radius 3 is 2.63 bits per heavy atom. The number of fused-ring (bicyclic) bond motifs is 1. The Hall–Kier alpha value is -2.40. The molecule has 2 amide bonds. The Morgan fingerprint density at radius 1 is 1.05 bits per heavy atom. The van der Waals surface area contributed by atoms with E-state index >= 15 is 0 Å². The van der Waals surface area contributed by atoms with Gasteiger partial charge in [0.05, 0.1) is 11.1 Å². The molecule has 0 radical (unpaired) electrons. The molecular weight excluding hydrogens is 266 g/mol. The number of carbonyl (C=O) groups excluding carboxylic acids is 2. The smallest absolute Gasteiger partial charge is 0.259 e. The van der Waals surface area contributed by atoms with Gasteiger partial charge in [-0.2, -0.15) is 0 Å². The first kappa shape index (κ1) is 11.7. The lowest BCUT2D eigenvalue weighted by Gasteiger charge is -2.06. The standard InChI is InChI=1S/C13H8ClN3O2/c14-10-2-1-3-11(16-10)15-7-4-5-8-9(6-7)13(19)17-12(8)18/h1-6H,(H,15,16)(H,17,18,19). The summed E-state index contributed by atoms with van der Waals surface area (Å²) in [5.74, 6) is -0.188. The fourth-order valence-electron chi connectivity index (χ4n) is 1.87. The Labute approximate surface area is 113 Å². The van der Waals surface area contributed by atoms with E-state index in [1.165, 1.54) is 0 Å². The van der Waals surface area contributed by atoms with E-state index < -0.39 is 0 Å². The molecule has 19 heavy (non-hydrogen) atoms. The number of rotatable bonds is 2. The van der Waals surface area contributed by atoms with E-state index in [9.17, 15) is 9.59 Å². The summed E-state index contributed by atoms with van der Waals surface area (Å²) < 4.78 is 0. The highest BCUT2D eigenvalue weighted by molar-refractivity contribution is 6.29. The van der Waals surface area contributed by atoms with Gasteiger partial charge in [-0.15, -0.1) is 0 Å². The summed E-state index contributed by atoms with van der Waals surface area (Å²) in [6, 6.07) is 10.1. The number of hydrogen-bond donors (Lipinski definition) is 2. The molecule has 0 unspecified atom stereocenters. The van der Waals surface area contributed by atoms with E-state index in [4.69, 9.17) is 11.6 Å². The normalized spacial score (nSPS) is 13.1. The van der Waals surface area contributed by atoms with Gasteiger partial charge in [0, 0.05) is 5.69 Å². The molecule has 0 bridgehead atoms. The van der Waals surface area contributed by atoms with Gasteiger partial charge in [-0.25, -0.2) is 4.98 Å². The van der Waals surface area contributed by atoms with Crippen molar-refractivity contribution >= 4 is 34.9 Å². The topological polar surface area (TPSA) is 71.1 Å². The van der Waals surface area contributed by atoms with E-state index in [0.717, 1.165) is 0 Å². The largest absolute Gasteiger partial charge is 0.340 e. The number of halogens is 1. The molecule has 1 aliphatic heterocycles. The van der Waals surface area contributed by atoms with Crippen molar-refractivity contribution in [2.24, 2.45) is 0 Å². The molecule has 3 rings (SSSR count). The molecule has 0 spiro atoms. The van der Waals surface area contributed by atoms with Gasteiger partial charge in [-0.3, -0.25) is 14.9 Å². The van der Waals surface area contributed by atoms with Crippen LogP contribution < -0.4 is 10.6 Å². The molecule has 0 saturated carbocycles. The zero-order valence-corrected chi connectivity index (χ0v) is 10.4. The molecule has 0 saturated heterocycles. The first-order valence-corrected chi connectivity index (χ1v) is 5.90. The summed E-state index contributed by atoms with van der Waals surface area (Å²) in [6.45, 7) is 0. The van der Waals surface area contributed by atoms with Crippen LogP contribution >= 0.6 is 11.6 Å². The van der Waals surface area contributed by atoms with E-state index in [0.29, 0.717) is 27.8 Å². The number of imide groups is 1. The zero-order valence-electron chi connectivity index (χ0n) is 9.61. The van der Waals surface area contributed by atoms with E-state index in [2.05, 4.69) is 15.6 Å². The third-order valence-corrected chi connectivity index (χ3v) is 2.93. The van der Waals surface area contributed by atoms with Crippen molar-refractivity contribution < 1.29 is 9.59 Å². The van der Waals surface area contributed by atoms with Gasteiger partial charge in [-0.05, 0) is 30.3 Å². The Morgan fingerprint density at radius 2 is 1.84 bits per heavy atom. The van der Waals surface area contributed by atoms with Crippen LogP contribution in [0.3, 0.4) is 0 Å². The minimum Gasteiger partial charge on any atom is -0.340 e. The highest BCUT2D eigenvalue weighted by Crippen LogP contribution is 2.22. The van der Waals surface area contributed by atoms with Gasteiger partial charge >= 0.3 is 0 Å². The van der Waals surface area contributed by atoms with E-state index in [-0.39, 0.29) is 11.8 Å². The molecule has 1 aliphatic rings. The van der Waals surface area contributed by atoms with Crippen LogP contribution in [-0.4, -0.2) is 16.8 Å².